The highest BCUT2D eigenvalue weighted by atomic mass is 32.1. The van der Waals surface area contributed by atoms with E-state index in [2.05, 4.69) is 52.3 Å². The fourth-order valence-electron chi connectivity index (χ4n) is 2.72. The zero-order chi connectivity index (χ0) is 14.5. The van der Waals surface area contributed by atoms with E-state index in [1.807, 2.05) is 11.7 Å². The first-order valence-corrected chi connectivity index (χ1v) is 8.41. The van der Waals surface area contributed by atoms with Crippen LogP contribution in [0.25, 0.3) is 10.9 Å². The van der Waals surface area contributed by atoms with Gasteiger partial charge in [0.05, 0.1) is 12.1 Å². The van der Waals surface area contributed by atoms with Crippen molar-refractivity contribution in [3.63, 3.8) is 0 Å². The van der Waals surface area contributed by atoms with Gasteiger partial charge in [0.25, 0.3) is 0 Å². The quantitative estimate of drug-likeness (QED) is 0.674. The van der Waals surface area contributed by atoms with E-state index in [-0.39, 0.29) is 0 Å². The molecule has 1 N–H and O–H groups in total. The zero-order valence-corrected chi connectivity index (χ0v) is 13.2. The molecule has 0 radical (unpaired) electrons. The van der Waals surface area contributed by atoms with Gasteiger partial charge in [0.1, 0.15) is 0 Å². The van der Waals surface area contributed by atoms with E-state index in [0.717, 1.165) is 26.1 Å². The first-order chi connectivity index (χ1) is 10.4. The summed E-state index contributed by atoms with van der Waals surface area (Å²) < 4.78 is 2.35. The number of thiazole rings is 1. The Balaban J connectivity index is 1.83. The largest absolute Gasteiger partial charge is 0.342 e. The average molecular weight is 299 g/mol. The number of rotatable bonds is 7. The summed E-state index contributed by atoms with van der Waals surface area (Å²) in [5.41, 5.74) is 4.68. The van der Waals surface area contributed by atoms with Crippen molar-refractivity contribution in [1.29, 1.82) is 0 Å². The minimum atomic E-state index is 0.915. The number of benzene rings is 1. The molecule has 110 valence electrons. The highest BCUT2D eigenvalue weighted by molar-refractivity contribution is 7.09. The van der Waals surface area contributed by atoms with Crippen LogP contribution < -0.4 is 5.32 Å². The summed E-state index contributed by atoms with van der Waals surface area (Å²) in [6, 6.07) is 8.70. The third-order valence-electron chi connectivity index (χ3n) is 3.73. The number of nitrogens with one attached hydrogen (secondary N) is 1. The van der Waals surface area contributed by atoms with Gasteiger partial charge in [0, 0.05) is 28.2 Å². The van der Waals surface area contributed by atoms with Gasteiger partial charge in [-0.25, -0.2) is 0 Å². The van der Waals surface area contributed by atoms with Gasteiger partial charge < -0.3 is 9.88 Å². The van der Waals surface area contributed by atoms with Crippen LogP contribution in [0.15, 0.2) is 42.2 Å². The van der Waals surface area contributed by atoms with E-state index in [0.29, 0.717) is 0 Å². The van der Waals surface area contributed by atoms with Crippen LogP contribution in [0.5, 0.6) is 0 Å². The lowest BCUT2D eigenvalue weighted by molar-refractivity contribution is 0.672. The van der Waals surface area contributed by atoms with Gasteiger partial charge in [0.2, 0.25) is 0 Å². The number of hydrogen-bond acceptors (Lipinski definition) is 3. The van der Waals surface area contributed by atoms with E-state index < -0.39 is 0 Å². The monoisotopic (exact) mass is 299 g/mol. The van der Waals surface area contributed by atoms with Crippen LogP contribution in [0.3, 0.4) is 0 Å². The Morgan fingerprint density at radius 3 is 3.00 bits per heavy atom. The Morgan fingerprint density at radius 2 is 2.19 bits per heavy atom. The molecule has 0 aliphatic rings. The molecule has 1 aromatic carbocycles. The number of fused-ring (bicyclic) bond motifs is 1. The molecule has 0 fully saturated rings. The molecular formula is C17H21N3S. The molecule has 21 heavy (non-hydrogen) atoms. The molecule has 0 unspecified atom stereocenters. The summed E-state index contributed by atoms with van der Waals surface area (Å²) in [5, 5.41) is 4.78. The SMILES string of the molecule is CCNCCCc1cn(Cc2cncs2)c2ccccc12. The van der Waals surface area contributed by atoms with Crippen molar-refractivity contribution < 1.29 is 0 Å². The molecule has 2 aromatic heterocycles. The van der Waals surface area contributed by atoms with Crippen LogP contribution in [0.1, 0.15) is 23.8 Å². The molecule has 3 nitrogen and oxygen atoms in total. The lowest BCUT2D eigenvalue weighted by Gasteiger charge is -2.02. The van der Waals surface area contributed by atoms with Gasteiger partial charge in [0.15, 0.2) is 0 Å². The standard InChI is InChI=1S/C17H21N3S/c1-2-18-9-5-6-14-11-20(12-15-10-19-13-21-15)17-8-4-3-7-16(14)17/h3-4,7-8,10-11,13,18H,2,5-6,9,12H2,1H3. The maximum atomic E-state index is 4.17. The number of hydrogen-bond donors (Lipinski definition) is 1. The van der Waals surface area contributed by atoms with E-state index in [4.69, 9.17) is 0 Å². The van der Waals surface area contributed by atoms with Crippen molar-refractivity contribution in [2.75, 3.05) is 13.1 Å². The zero-order valence-electron chi connectivity index (χ0n) is 12.4. The van der Waals surface area contributed by atoms with Crippen LogP contribution in [0.2, 0.25) is 0 Å². The molecular weight excluding hydrogens is 278 g/mol. The van der Waals surface area contributed by atoms with Gasteiger partial charge in [-0.05, 0) is 37.6 Å². The number of aryl methyl sites for hydroxylation is 1. The Bertz CT molecular complexity index is 685. The molecule has 0 bridgehead atoms. The van der Waals surface area contributed by atoms with Gasteiger partial charge in [-0.1, -0.05) is 25.1 Å². The Labute approximate surface area is 129 Å². The van der Waals surface area contributed by atoms with Gasteiger partial charge >= 0.3 is 0 Å². The van der Waals surface area contributed by atoms with E-state index in [1.54, 1.807) is 11.3 Å². The Kier molecular flexibility index (Phi) is 4.68. The molecule has 0 saturated carbocycles. The average Bonchev–Trinajstić information content (AvgIpc) is 3.13. The predicted molar refractivity (Wildman–Crippen MR) is 90.0 cm³/mol. The summed E-state index contributed by atoms with van der Waals surface area (Å²) in [4.78, 5) is 5.47. The molecule has 0 spiro atoms. The normalized spacial score (nSPS) is 11.3. The topological polar surface area (TPSA) is 29.9 Å². The van der Waals surface area contributed by atoms with E-state index in [1.165, 1.54) is 27.8 Å². The molecule has 0 aliphatic carbocycles. The fraction of sp³-hybridized carbons (Fsp3) is 0.353. The third kappa shape index (κ3) is 3.34. The Morgan fingerprint density at radius 1 is 1.29 bits per heavy atom. The fourth-order valence-corrected chi connectivity index (χ4v) is 3.31. The molecule has 0 atom stereocenters. The number of aromatic nitrogens is 2. The lowest BCUT2D eigenvalue weighted by Crippen LogP contribution is -2.14. The van der Waals surface area contributed by atoms with Crippen molar-refractivity contribution in [1.82, 2.24) is 14.9 Å². The van der Waals surface area contributed by atoms with Crippen molar-refractivity contribution in [3.05, 3.63) is 52.6 Å². The number of nitrogens with zero attached hydrogens (tertiary/aromatic N) is 2. The van der Waals surface area contributed by atoms with Crippen LogP contribution >= 0.6 is 11.3 Å². The van der Waals surface area contributed by atoms with Crippen molar-refractivity contribution in [2.45, 2.75) is 26.3 Å². The van der Waals surface area contributed by atoms with Crippen molar-refractivity contribution in [3.8, 4) is 0 Å². The second-order valence-electron chi connectivity index (χ2n) is 5.22. The predicted octanol–water partition coefficient (Wildman–Crippen LogP) is 3.69. The minimum Gasteiger partial charge on any atom is -0.342 e. The Hall–Kier alpha value is -1.65. The van der Waals surface area contributed by atoms with E-state index >= 15 is 0 Å². The molecule has 2 heterocycles. The minimum absolute atomic E-state index is 0.915. The molecule has 3 aromatic rings. The second kappa shape index (κ2) is 6.87. The second-order valence-corrected chi connectivity index (χ2v) is 6.20. The molecule has 0 aliphatic heterocycles. The lowest BCUT2D eigenvalue weighted by atomic mass is 10.1. The van der Waals surface area contributed by atoms with Crippen molar-refractivity contribution >= 4 is 22.2 Å². The molecule has 0 saturated heterocycles. The van der Waals surface area contributed by atoms with Crippen molar-refractivity contribution in [2.24, 2.45) is 0 Å². The highest BCUT2D eigenvalue weighted by Crippen LogP contribution is 2.24. The summed E-state index contributed by atoms with van der Waals surface area (Å²) in [7, 11) is 0. The van der Waals surface area contributed by atoms with Crippen LogP contribution in [-0.4, -0.2) is 22.6 Å². The summed E-state index contributed by atoms with van der Waals surface area (Å²) in [6.07, 6.45) is 6.59. The van der Waals surface area contributed by atoms with Gasteiger partial charge in [-0.3, -0.25) is 4.98 Å². The van der Waals surface area contributed by atoms with Gasteiger partial charge in [-0.15, -0.1) is 11.3 Å². The first-order valence-electron chi connectivity index (χ1n) is 7.53. The van der Waals surface area contributed by atoms with Crippen LogP contribution in [0.4, 0.5) is 0 Å². The molecule has 3 rings (SSSR count). The summed E-state index contributed by atoms with van der Waals surface area (Å²) in [5.74, 6) is 0. The van der Waals surface area contributed by atoms with Crippen LogP contribution in [-0.2, 0) is 13.0 Å². The maximum absolute atomic E-state index is 4.17. The first kappa shape index (κ1) is 14.3. The third-order valence-corrected chi connectivity index (χ3v) is 4.49. The van der Waals surface area contributed by atoms with Crippen LogP contribution in [0, 0.1) is 0 Å². The van der Waals surface area contributed by atoms with Gasteiger partial charge in [-0.2, -0.15) is 0 Å². The molecule has 0 amide bonds. The maximum Gasteiger partial charge on any atom is 0.0794 e. The smallest absolute Gasteiger partial charge is 0.0794 e. The van der Waals surface area contributed by atoms with E-state index in [9.17, 15) is 0 Å². The summed E-state index contributed by atoms with van der Waals surface area (Å²) >= 11 is 1.72. The summed E-state index contributed by atoms with van der Waals surface area (Å²) in [6.45, 7) is 5.21. The highest BCUT2D eigenvalue weighted by Gasteiger charge is 2.08. The number of para-hydroxylation sites is 1. The molecule has 4 heteroatoms.